The van der Waals surface area contributed by atoms with E-state index in [4.69, 9.17) is 34.8 Å². The molecule has 7 aromatic rings. The van der Waals surface area contributed by atoms with Gasteiger partial charge in [0.2, 0.25) is 0 Å². The van der Waals surface area contributed by atoms with Crippen molar-refractivity contribution >= 4 is 99.3 Å². The summed E-state index contributed by atoms with van der Waals surface area (Å²) < 4.78 is 28.1. The zero-order valence-electron chi connectivity index (χ0n) is 23.5. The topological polar surface area (TPSA) is 107 Å². The van der Waals surface area contributed by atoms with E-state index in [1.54, 1.807) is 51.8 Å². The van der Waals surface area contributed by atoms with Crippen LogP contribution in [0.2, 0.25) is 15.2 Å². The second-order valence-electron chi connectivity index (χ2n) is 9.83. The van der Waals surface area contributed by atoms with E-state index in [2.05, 4.69) is 57.3 Å². The normalized spacial score (nSPS) is 11.4. The van der Waals surface area contributed by atoms with Crippen molar-refractivity contribution in [3.63, 3.8) is 0 Å². The first-order valence-electron chi connectivity index (χ1n) is 13.3. The van der Waals surface area contributed by atoms with Crippen LogP contribution in [0.25, 0.3) is 33.8 Å². The Morgan fingerprint density at radius 1 is 0.696 bits per heavy atom. The molecule has 0 radical (unpaired) electrons. The molecular weight excluding hydrogens is 801 g/mol. The lowest BCUT2D eigenvalue weighted by atomic mass is 10.1. The molecule has 9 nitrogen and oxygen atoms in total. The molecule has 1 N–H and O–H groups in total. The van der Waals surface area contributed by atoms with Gasteiger partial charge in [-0.05, 0) is 68.3 Å². The smallest absolute Gasteiger partial charge is 0.175 e. The molecular formula is C31H20Br2Cl3N7O2S. The van der Waals surface area contributed by atoms with E-state index in [-0.39, 0.29) is 4.90 Å². The number of nitrogens with one attached hydrogen (secondary N) is 1. The molecule has 4 heterocycles. The summed E-state index contributed by atoms with van der Waals surface area (Å²) in [4.78, 5) is 9.44. The van der Waals surface area contributed by atoms with E-state index < -0.39 is 9.84 Å². The molecule has 0 fully saturated rings. The molecule has 0 saturated heterocycles. The summed E-state index contributed by atoms with van der Waals surface area (Å²) in [5.74, 6) is 0.665. The van der Waals surface area contributed by atoms with Crippen molar-refractivity contribution in [1.29, 1.82) is 0 Å². The number of anilines is 2. The summed E-state index contributed by atoms with van der Waals surface area (Å²) in [7, 11) is -3.25. The number of aromatic nitrogens is 6. The van der Waals surface area contributed by atoms with E-state index in [1.165, 1.54) is 6.26 Å². The molecule has 0 aliphatic carbocycles. The van der Waals surface area contributed by atoms with Gasteiger partial charge in [-0.1, -0.05) is 71.2 Å². The van der Waals surface area contributed by atoms with Gasteiger partial charge in [0, 0.05) is 45.2 Å². The lowest BCUT2D eigenvalue weighted by molar-refractivity contribution is 0.602. The van der Waals surface area contributed by atoms with Gasteiger partial charge < -0.3 is 5.32 Å². The molecule has 3 aromatic carbocycles. The number of halogens is 5. The van der Waals surface area contributed by atoms with E-state index in [0.29, 0.717) is 38.0 Å². The predicted molar refractivity (Wildman–Crippen MR) is 190 cm³/mol. The fraction of sp³-hybridized carbons (Fsp3) is 0.0323. The second kappa shape index (κ2) is 13.3. The third-order valence-electron chi connectivity index (χ3n) is 6.67. The van der Waals surface area contributed by atoms with Gasteiger partial charge in [0.25, 0.3) is 0 Å². The van der Waals surface area contributed by atoms with E-state index in [1.807, 2.05) is 54.6 Å². The Kier molecular flexibility index (Phi) is 9.38. The highest BCUT2D eigenvalue weighted by atomic mass is 79.9. The first-order chi connectivity index (χ1) is 22.0. The minimum absolute atomic E-state index is 0.261. The largest absolute Gasteiger partial charge is 0.340 e. The van der Waals surface area contributed by atoms with Crippen LogP contribution in [0.15, 0.2) is 111 Å². The van der Waals surface area contributed by atoms with Crippen LogP contribution in [0.4, 0.5) is 11.5 Å². The number of hydrogen-bond acceptors (Lipinski definition) is 7. The maximum absolute atomic E-state index is 11.7. The number of nitrogens with zero attached hydrogens (tertiary/aromatic N) is 6. The van der Waals surface area contributed by atoms with Gasteiger partial charge in [-0.25, -0.2) is 22.9 Å². The molecule has 0 amide bonds. The molecule has 0 saturated carbocycles. The predicted octanol–water partition coefficient (Wildman–Crippen LogP) is 9.42. The van der Waals surface area contributed by atoms with Gasteiger partial charge in [0.05, 0.1) is 37.6 Å². The fourth-order valence-corrected chi connectivity index (χ4v) is 6.49. The Labute approximate surface area is 295 Å². The summed E-state index contributed by atoms with van der Waals surface area (Å²) in [5.41, 5.74) is 5.07. The Hall–Kier alpha value is -3.52. The summed E-state index contributed by atoms with van der Waals surface area (Å²) in [6.07, 6.45) is 4.50. The lowest BCUT2D eigenvalue weighted by Crippen LogP contribution is -2.03. The minimum Gasteiger partial charge on any atom is -0.340 e. The van der Waals surface area contributed by atoms with Crippen LogP contribution in [-0.2, 0) is 9.84 Å². The summed E-state index contributed by atoms with van der Waals surface area (Å²) in [6, 6.07) is 25.1. The van der Waals surface area contributed by atoms with Crippen molar-refractivity contribution in [2.75, 3.05) is 11.6 Å². The molecule has 232 valence electrons. The third-order valence-corrected chi connectivity index (χ3v) is 9.84. The van der Waals surface area contributed by atoms with Crippen molar-refractivity contribution in [2.24, 2.45) is 0 Å². The number of rotatable bonds is 5. The number of sulfone groups is 1. The molecule has 4 aromatic heterocycles. The van der Waals surface area contributed by atoms with E-state index >= 15 is 0 Å². The maximum Gasteiger partial charge on any atom is 0.175 e. The van der Waals surface area contributed by atoms with Crippen LogP contribution in [0.3, 0.4) is 0 Å². The number of benzene rings is 3. The SMILES string of the molecule is CS(=O)(=O)c1ccc(Nc2cc(-c3ccccc3Cl)nc3c(Br)cnn23)cc1.Clc1ccccc1-c1cc(Cl)n2ncc(Br)c2n1. The van der Waals surface area contributed by atoms with Crippen LogP contribution in [-0.4, -0.2) is 43.9 Å². The third kappa shape index (κ3) is 6.78. The van der Waals surface area contributed by atoms with Crippen molar-refractivity contribution in [3.8, 4) is 22.5 Å². The quantitative estimate of drug-likeness (QED) is 0.173. The number of hydrogen-bond donors (Lipinski definition) is 1. The highest BCUT2D eigenvalue weighted by Crippen LogP contribution is 2.32. The number of fused-ring (bicyclic) bond motifs is 2. The van der Waals surface area contributed by atoms with Crippen molar-refractivity contribution < 1.29 is 8.42 Å². The molecule has 0 bridgehead atoms. The molecule has 0 spiro atoms. The maximum atomic E-state index is 11.7. The van der Waals surface area contributed by atoms with Gasteiger partial charge >= 0.3 is 0 Å². The van der Waals surface area contributed by atoms with Crippen LogP contribution in [0.5, 0.6) is 0 Å². The fourth-order valence-electron chi connectivity index (χ4n) is 4.47. The monoisotopic (exact) mass is 817 g/mol. The van der Waals surface area contributed by atoms with Crippen LogP contribution >= 0.6 is 66.7 Å². The van der Waals surface area contributed by atoms with Gasteiger partial charge in [0.1, 0.15) is 11.0 Å². The Bertz CT molecular complexity index is 2350. The first-order valence-corrected chi connectivity index (χ1v) is 17.9. The molecule has 7 rings (SSSR count). The van der Waals surface area contributed by atoms with Gasteiger partial charge in [-0.2, -0.15) is 14.7 Å². The van der Waals surface area contributed by atoms with Crippen LogP contribution in [0.1, 0.15) is 0 Å². The van der Waals surface area contributed by atoms with Crippen molar-refractivity contribution in [1.82, 2.24) is 29.2 Å². The molecule has 0 aliphatic heterocycles. The molecule has 15 heteroatoms. The van der Waals surface area contributed by atoms with Crippen molar-refractivity contribution in [2.45, 2.75) is 4.90 Å². The molecule has 0 atom stereocenters. The molecule has 0 unspecified atom stereocenters. The van der Waals surface area contributed by atoms with Crippen molar-refractivity contribution in [3.05, 3.63) is 121 Å². The average molecular weight is 821 g/mol. The van der Waals surface area contributed by atoms with Crippen LogP contribution < -0.4 is 5.32 Å². The Morgan fingerprint density at radius 2 is 1.20 bits per heavy atom. The highest BCUT2D eigenvalue weighted by molar-refractivity contribution is 9.11. The minimum atomic E-state index is -3.25. The average Bonchev–Trinajstić information content (AvgIpc) is 3.60. The standard InChI is InChI=1S/C19H14BrClN4O2S.C12H6BrCl2N3/c1-28(26,27)13-8-6-12(7-9-13)23-18-10-17(14-4-2-3-5-16(14)21)24-19-15(20)11-22-25(18)19;13-8-6-16-18-11(15)5-10(17-12(8)18)7-3-1-2-4-9(7)14/h2-11,23H,1H3;1-6H. The summed E-state index contributed by atoms with van der Waals surface area (Å²) >= 11 is 25.5. The zero-order chi connectivity index (χ0) is 32.6. The van der Waals surface area contributed by atoms with Gasteiger partial charge in [-0.3, -0.25) is 0 Å². The van der Waals surface area contributed by atoms with Gasteiger partial charge in [-0.15, -0.1) is 0 Å². The summed E-state index contributed by atoms with van der Waals surface area (Å²) in [5, 5.41) is 13.5. The zero-order valence-corrected chi connectivity index (χ0v) is 29.8. The first kappa shape index (κ1) is 32.4. The van der Waals surface area contributed by atoms with Crippen LogP contribution in [0, 0.1) is 0 Å². The molecule has 0 aliphatic rings. The van der Waals surface area contributed by atoms with Gasteiger partial charge in [0.15, 0.2) is 21.1 Å². The van der Waals surface area contributed by atoms with E-state index in [9.17, 15) is 8.42 Å². The Morgan fingerprint density at radius 3 is 1.74 bits per heavy atom. The molecule has 46 heavy (non-hydrogen) atoms. The second-order valence-corrected chi connectivity index (χ2v) is 14.8. The Balaban J connectivity index is 0.000000178. The van der Waals surface area contributed by atoms with E-state index in [0.717, 1.165) is 31.5 Å². The lowest BCUT2D eigenvalue weighted by Gasteiger charge is -2.12. The summed E-state index contributed by atoms with van der Waals surface area (Å²) in [6.45, 7) is 0. The highest BCUT2D eigenvalue weighted by Gasteiger charge is 2.15.